The lowest BCUT2D eigenvalue weighted by Crippen LogP contribution is -2.03. The number of esters is 2. The van der Waals surface area contributed by atoms with Crippen LogP contribution in [-0.4, -0.2) is 26.2 Å². The Kier molecular flexibility index (Phi) is 6.14. The molecule has 0 bridgehead atoms. The van der Waals surface area contributed by atoms with Gasteiger partial charge in [-0.2, -0.15) is 0 Å². The number of methoxy groups -OCH3 is 2. The van der Waals surface area contributed by atoms with Gasteiger partial charge in [0.05, 0.1) is 19.8 Å². The van der Waals surface area contributed by atoms with Gasteiger partial charge in [0, 0.05) is 6.08 Å². The Labute approximate surface area is 140 Å². The van der Waals surface area contributed by atoms with Gasteiger partial charge in [-0.3, -0.25) is 0 Å². The summed E-state index contributed by atoms with van der Waals surface area (Å²) < 4.78 is 14.8. The highest BCUT2D eigenvalue weighted by Gasteiger charge is 2.05. The van der Waals surface area contributed by atoms with Gasteiger partial charge in [-0.15, -0.1) is 0 Å². The average Bonchev–Trinajstić information content (AvgIpc) is 2.64. The van der Waals surface area contributed by atoms with E-state index in [0.29, 0.717) is 5.56 Å². The largest absolute Gasteiger partial charge is 0.497 e. The van der Waals surface area contributed by atoms with Crippen molar-refractivity contribution in [2.45, 2.75) is 6.61 Å². The molecule has 0 aliphatic rings. The van der Waals surface area contributed by atoms with Crippen LogP contribution >= 0.6 is 0 Å². The van der Waals surface area contributed by atoms with Crippen molar-refractivity contribution < 1.29 is 23.8 Å². The maximum Gasteiger partial charge on any atom is 0.337 e. The van der Waals surface area contributed by atoms with Crippen molar-refractivity contribution in [2.75, 3.05) is 14.2 Å². The molecule has 0 N–H and O–H groups in total. The fourth-order valence-corrected chi connectivity index (χ4v) is 1.94. The molecular weight excluding hydrogens is 308 g/mol. The molecule has 0 saturated carbocycles. The summed E-state index contributed by atoms with van der Waals surface area (Å²) in [7, 11) is 2.92. The Morgan fingerprint density at radius 2 is 1.62 bits per heavy atom. The number of ether oxygens (including phenoxy) is 3. The Morgan fingerprint density at radius 1 is 0.958 bits per heavy atom. The molecule has 2 aromatic rings. The van der Waals surface area contributed by atoms with Gasteiger partial charge in [-0.25, -0.2) is 9.59 Å². The number of benzene rings is 2. The molecule has 0 saturated heterocycles. The summed E-state index contributed by atoms with van der Waals surface area (Å²) in [4.78, 5) is 23.1. The van der Waals surface area contributed by atoms with E-state index in [1.807, 2.05) is 24.3 Å². The summed E-state index contributed by atoms with van der Waals surface area (Å²) in [6.07, 6.45) is 3.03. The molecule has 0 aromatic heterocycles. The highest BCUT2D eigenvalue weighted by atomic mass is 16.5. The molecule has 0 radical (unpaired) electrons. The van der Waals surface area contributed by atoms with Crippen LogP contribution in [0.25, 0.3) is 6.08 Å². The van der Waals surface area contributed by atoms with Crippen molar-refractivity contribution in [3.05, 3.63) is 71.3 Å². The summed E-state index contributed by atoms with van der Waals surface area (Å²) in [6.45, 7) is 0.132. The molecule has 5 heteroatoms. The van der Waals surface area contributed by atoms with Crippen LogP contribution in [-0.2, 0) is 20.9 Å². The van der Waals surface area contributed by atoms with Crippen LogP contribution in [0, 0.1) is 0 Å². The summed E-state index contributed by atoms with van der Waals surface area (Å²) in [6, 6.07) is 14.0. The molecule has 2 rings (SSSR count). The smallest absolute Gasteiger partial charge is 0.337 e. The first-order valence-corrected chi connectivity index (χ1v) is 7.28. The minimum atomic E-state index is -0.442. The van der Waals surface area contributed by atoms with E-state index in [1.54, 1.807) is 37.5 Å². The molecule has 124 valence electrons. The molecule has 0 atom stereocenters. The van der Waals surface area contributed by atoms with Crippen LogP contribution in [0.1, 0.15) is 21.5 Å². The van der Waals surface area contributed by atoms with Crippen LogP contribution in [0.4, 0.5) is 0 Å². The second-order valence-corrected chi connectivity index (χ2v) is 4.90. The van der Waals surface area contributed by atoms with Crippen LogP contribution < -0.4 is 4.74 Å². The fourth-order valence-electron chi connectivity index (χ4n) is 1.94. The van der Waals surface area contributed by atoms with E-state index in [-0.39, 0.29) is 6.61 Å². The average molecular weight is 326 g/mol. The van der Waals surface area contributed by atoms with Crippen molar-refractivity contribution in [3.63, 3.8) is 0 Å². The van der Waals surface area contributed by atoms with Crippen molar-refractivity contribution in [1.29, 1.82) is 0 Å². The van der Waals surface area contributed by atoms with Gasteiger partial charge >= 0.3 is 11.9 Å². The monoisotopic (exact) mass is 326 g/mol. The molecule has 0 amide bonds. The highest BCUT2D eigenvalue weighted by Crippen LogP contribution is 2.12. The minimum absolute atomic E-state index is 0.132. The fraction of sp³-hybridized carbons (Fsp3) is 0.158. The molecule has 0 fully saturated rings. The molecule has 0 heterocycles. The molecule has 2 aromatic carbocycles. The molecule has 0 aliphatic heterocycles. The van der Waals surface area contributed by atoms with E-state index in [9.17, 15) is 9.59 Å². The first-order chi connectivity index (χ1) is 11.6. The first-order valence-electron chi connectivity index (χ1n) is 7.28. The zero-order valence-corrected chi connectivity index (χ0v) is 13.5. The van der Waals surface area contributed by atoms with Gasteiger partial charge in [-0.1, -0.05) is 24.3 Å². The predicted octanol–water partition coefficient (Wildman–Crippen LogP) is 3.24. The standard InChI is InChI=1S/C19H18O5/c1-22-17-10-5-14(6-11-17)7-12-18(20)24-13-15-3-8-16(9-4-15)19(21)23-2/h3-12H,13H2,1-2H3. The minimum Gasteiger partial charge on any atom is -0.497 e. The molecule has 0 spiro atoms. The topological polar surface area (TPSA) is 61.8 Å². The first kappa shape index (κ1) is 17.3. The Bertz CT molecular complexity index is 714. The zero-order valence-electron chi connectivity index (χ0n) is 13.5. The van der Waals surface area contributed by atoms with Gasteiger partial charge in [0.2, 0.25) is 0 Å². The third-order valence-corrected chi connectivity index (χ3v) is 3.28. The lowest BCUT2D eigenvalue weighted by molar-refractivity contribution is -0.138. The molecular formula is C19H18O5. The maximum atomic E-state index is 11.7. The molecule has 0 unspecified atom stereocenters. The lowest BCUT2D eigenvalue weighted by atomic mass is 10.1. The lowest BCUT2D eigenvalue weighted by Gasteiger charge is -2.04. The summed E-state index contributed by atoms with van der Waals surface area (Å²) in [5.41, 5.74) is 2.11. The van der Waals surface area contributed by atoms with Crippen molar-refractivity contribution in [3.8, 4) is 5.75 Å². The molecule has 24 heavy (non-hydrogen) atoms. The quantitative estimate of drug-likeness (QED) is 0.602. The number of carbonyl (C=O) groups is 2. The number of carbonyl (C=O) groups excluding carboxylic acids is 2. The van der Waals surface area contributed by atoms with Crippen LogP contribution in [0.3, 0.4) is 0 Å². The third-order valence-electron chi connectivity index (χ3n) is 3.28. The Balaban J connectivity index is 1.86. The normalized spacial score (nSPS) is 10.4. The van der Waals surface area contributed by atoms with E-state index in [2.05, 4.69) is 4.74 Å². The third kappa shape index (κ3) is 4.98. The number of hydrogen-bond acceptors (Lipinski definition) is 5. The van der Waals surface area contributed by atoms with Crippen LogP contribution in [0.5, 0.6) is 5.75 Å². The van der Waals surface area contributed by atoms with Crippen molar-refractivity contribution in [2.24, 2.45) is 0 Å². The predicted molar refractivity (Wildman–Crippen MR) is 89.6 cm³/mol. The van der Waals surface area contributed by atoms with Gasteiger partial charge in [-0.05, 0) is 41.5 Å². The van der Waals surface area contributed by atoms with E-state index in [1.165, 1.54) is 13.2 Å². The van der Waals surface area contributed by atoms with E-state index in [0.717, 1.165) is 16.9 Å². The Hall–Kier alpha value is -3.08. The second-order valence-electron chi connectivity index (χ2n) is 4.90. The Morgan fingerprint density at radius 3 is 2.21 bits per heavy atom. The van der Waals surface area contributed by atoms with Gasteiger partial charge in [0.1, 0.15) is 12.4 Å². The van der Waals surface area contributed by atoms with Gasteiger partial charge in [0.25, 0.3) is 0 Å². The highest BCUT2D eigenvalue weighted by molar-refractivity contribution is 5.89. The van der Waals surface area contributed by atoms with Crippen molar-refractivity contribution in [1.82, 2.24) is 0 Å². The summed E-state index contributed by atoms with van der Waals surface area (Å²) >= 11 is 0. The number of rotatable bonds is 6. The van der Waals surface area contributed by atoms with E-state index >= 15 is 0 Å². The summed E-state index contributed by atoms with van der Waals surface area (Å²) in [5, 5.41) is 0. The SMILES string of the molecule is COC(=O)c1ccc(COC(=O)C=Cc2ccc(OC)cc2)cc1. The van der Waals surface area contributed by atoms with Gasteiger partial charge in [0.15, 0.2) is 0 Å². The molecule has 5 nitrogen and oxygen atoms in total. The maximum absolute atomic E-state index is 11.7. The van der Waals surface area contributed by atoms with Gasteiger partial charge < -0.3 is 14.2 Å². The van der Waals surface area contributed by atoms with Crippen LogP contribution in [0.2, 0.25) is 0 Å². The van der Waals surface area contributed by atoms with E-state index < -0.39 is 11.9 Å². The molecule has 0 aliphatic carbocycles. The van der Waals surface area contributed by atoms with Crippen molar-refractivity contribution >= 4 is 18.0 Å². The second kappa shape index (κ2) is 8.53. The summed E-state index contributed by atoms with van der Waals surface area (Å²) in [5.74, 6) is -0.0889. The van der Waals surface area contributed by atoms with Crippen LogP contribution in [0.15, 0.2) is 54.6 Å². The number of hydrogen-bond donors (Lipinski definition) is 0. The van der Waals surface area contributed by atoms with E-state index in [4.69, 9.17) is 9.47 Å². The zero-order chi connectivity index (χ0) is 17.4.